The molecule has 3 rings (SSSR count). The molecule has 128 valence electrons. The summed E-state index contributed by atoms with van der Waals surface area (Å²) in [6.07, 6.45) is 8.48. The molecular weight excluding hydrogens is 302 g/mol. The molecule has 3 heterocycles. The second-order valence-electron chi connectivity index (χ2n) is 6.23. The number of amides is 1. The lowest BCUT2D eigenvalue weighted by atomic mass is 9.91. The van der Waals surface area contributed by atoms with E-state index in [1.54, 1.807) is 6.20 Å². The van der Waals surface area contributed by atoms with Crippen molar-refractivity contribution in [3.8, 4) is 0 Å². The summed E-state index contributed by atoms with van der Waals surface area (Å²) in [7, 11) is 1.87. The highest BCUT2D eigenvalue weighted by Gasteiger charge is 2.25. The molecule has 2 aromatic heterocycles. The Bertz CT molecular complexity index is 696. The first-order chi connectivity index (χ1) is 11.7. The standard InChI is InChI=1S/C18H25N5O/c1-3-17-21-8-10-22(17)13-18(24)23-9-4-5-15(12-23)14-6-7-20-16(11-14)19-2/h6-8,10-11,15H,3-5,9,12-13H2,1-2H3,(H,19,20)/t15-/m0/s1. The fourth-order valence-electron chi connectivity index (χ4n) is 3.36. The lowest BCUT2D eigenvalue weighted by Crippen LogP contribution is -2.41. The van der Waals surface area contributed by atoms with Gasteiger partial charge in [0.15, 0.2) is 0 Å². The van der Waals surface area contributed by atoms with Crippen LogP contribution in [0.1, 0.15) is 37.1 Å². The van der Waals surface area contributed by atoms with Gasteiger partial charge in [-0.3, -0.25) is 4.79 Å². The van der Waals surface area contributed by atoms with Crippen molar-refractivity contribution in [2.24, 2.45) is 0 Å². The van der Waals surface area contributed by atoms with Gasteiger partial charge in [-0.15, -0.1) is 0 Å². The van der Waals surface area contributed by atoms with Gasteiger partial charge in [-0.25, -0.2) is 9.97 Å². The minimum Gasteiger partial charge on any atom is -0.373 e. The van der Waals surface area contributed by atoms with Gasteiger partial charge in [0.25, 0.3) is 0 Å². The van der Waals surface area contributed by atoms with Gasteiger partial charge in [0, 0.05) is 51.1 Å². The van der Waals surface area contributed by atoms with Crippen molar-refractivity contribution in [1.29, 1.82) is 0 Å². The molecule has 6 heteroatoms. The molecule has 1 aliphatic rings. The smallest absolute Gasteiger partial charge is 0.242 e. The van der Waals surface area contributed by atoms with Crippen molar-refractivity contribution >= 4 is 11.7 Å². The third-order valence-corrected chi connectivity index (χ3v) is 4.71. The molecule has 24 heavy (non-hydrogen) atoms. The average molecular weight is 327 g/mol. The Balaban J connectivity index is 1.67. The van der Waals surface area contributed by atoms with Crippen LogP contribution < -0.4 is 5.32 Å². The van der Waals surface area contributed by atoms with E-state index in [4.69, 9.17) is 0 Å². The van der Waals surface area contributed by atoms with Crippen LogP contribution in [0.15, 0.2) is 30.7 Å². The summed E-state index contributed by atoms with van der Waals surface area (Å²) in [6.45, 7) is 4.06. The summed E-state index contributed by atoms with van der Waals surface area (Å²) in [5, 5.41) is 3.08. The lowest BCUT2D eigenvalue weighted by Gasteiger charge is -2.33. The first-order valence-corrected chi connectivity index (χ1v) is 8.62. The second kappa shape index (κ2) is 7.47. The van der Waals surface area contributed by atoms with Crippen molar-refractivity contribution in [3.63, 3.8) is 0 Å². The monoisotopic (exact) mass is 327 g/mol. The van der Waals surface area contributed by atoms with Crippen molar-refractivity contribution in [2.75, 3.05) is 25.5 Å². The maximum atomic E-state index is 12.7. The van der Waals surface area contributed by atoms with Gasteiger partial charge in [0.2, 0.25) is 5.91 Å². The van der Waals surface area contributed by atoms with Gasteiger partial charge in [0.1, 0.15) is 18.2 Å². The zero-order chi connectivity index (χ0) is 16.9. The topological polar surface area (TPSA) is 63.1 Å². The van der Waals surface area contributed by atoms with Crippen LogP contribution in [-0.4, -0.2) is 45.5 Å². The molecule has 0 saturated carbocycles. The number of aromatic nitrogens is 3. The zero-order valence-electron chi connectivity index (χ0n) is 14.4. The lowest BCUT2D eigenvalue weighted by molar-refractivity contribution is -0.133. The number of rotatable bonds is 5. The molecule has 1 amide bonds. The Kier molecular flexibility index (Phi) is 5.13. The summed E-state index contributed by atoms with van der Waals surface area (Å²) in [6, 6.07) is 4.15. The summed E-state index contributed by atoms with van der Waals surface area (Å²) >= 11 is 0. The van der Waals surface area contributed by atoms with Gasteiger partial charge in [-0.2, -0.15) is 0 Å². The van der Waals surface area contributed by atoms with E-state index in [0.717, 1.165) is 44.0 Å². The minimum atomic E-state index is 0.176. The van der Waals surface area contributed by atoms with E-state index in [-0.39, 0.29) is 5.91 Å². The van der Waals surface area contributed by atoms with Crippen LogP contribution in [0.2, 0.25) is 0 Å². The van der Waals surface area contributed by atoms with E-state index < -0.39 is 0 Å². The first kappa shape index (κ1) is 16.5. The quantitative estimate of drug-likeness (QED) is 0.915. The molecule has 0 unspecified atom stereocenters. The highest BCUT2D eigenvalue weighted by atomic mass is 16.2. The Morgan fingerprint density at radius 2 is 2.25 bits per heavy atom. The number of nitrogens with zero attached hydrogens (tertiary/aromatic N) is 4. The Morgan fingerprint density at radius 3 is 3.04 bits per heavy atom. The number of aryl methyl sites for hydroxylation is 1. The van der Waals surface area contributed by atoms with Crippen molar-refractivity contribution in [2.45, 2.75) is 38.6 Å². The minimum absolute atomic E-state index is 0.176. The third kappa shape index (κ3) is 3.58. The predicted molar refractivity (Wildman–Crippen MR) is 93.9 cm³/mol. The van der Waals surface area contributed by atoms with E-state index in [9.17, 15) is 4.79 Å². The molecule has 2 aromatic rings. The molecule has 0 radical (unpaired) electrons. The van der Waals surface area contributed by atoms with Crippen LogP contribution in [0.3, 0.4) is 0 Å². The molecule has 6 nitrogen and oxygen atoms in total. The van der Waals surface area contributed by atoms with Crippen LogP contribution in [0, 0.1) is 0 Å². The molecule has 1 aliphatic heterocycles. The molecular formula is C18H25N5O. The van der Waals surface area contributed by atoms with E-state index in [1.165, 1.54) is 5.56 Å². The van der Waals surface area contributed by atoms with Gasteiger partial charge in [0.05, 0.1) is 0 Å². The number of carbonyl (C=O) groups is 1. The number of imidazole rings is 1. The van der Waals surface area contributed by atoms with Crippen LogP contribution >= 0.6 is 0 Å². The van der Waals surface area contributed by atoms with Crippen LogP contribution in [0.4, 0.5) is 5.82 Å². The summed E-state index contributed by atoms with van der Waals surface area (Å²) in [5.41, 5.74) is 1.25. The maximum absolute atomic E-state index is 12.7. The zero-order valence-corrected chi connectivity index (χ0v) is 14.4. The number of likely N-dealkylation sites (tertiary alicyclic amines) is 1. The maximum Gasteiger partial charge on any atom is 0.242 e. The molecule has 1 N–H and O–H groups in total. The van der Waals surface area contributed by atoms with Crippen molar-refractivity contribution in [3.05, 3.63) is 42.1 Å². The van der Waals surface area contributed by atoms with Gasteiger partial charge < -0.3 is 14.8 Å². The normalized spacial score (nSPS) is 17.8. The predicted octanol–water partition coefficient (Wildman–Crippen LogP) is 2.29. The number of pyridine rings is 1. The molecule has 0 bridgehead atoms. The molecule has 1 saturated heterocycles. The first-order valence-electron chi connectivity index (χ1n) is 8.62. The summed E-state index contributed by atoms with van der Waals surface area (Å²) in [5.74, 6) is 2.40. The van der Waals surface area contributed by atoms with Gasteiger partial charge in [-0.1, -0.05) is 6.92 Å². The Morgan fingerprint density at radius 1 is 1.38 bits per heavy atom. The van der Waals surface area contributed by atoms with Crippen molar-refractivity contribution in [1.82, 2.24) is 19.4 Å². The fourth-order valence-corrected chi connectivity index (χ4v) is 3.36. The number of hydrogen-bond acceptors (Lipinski definition) is 4. The number of nitrogens with one attached hydrogen (secondary N) is 1. The van der Waals surface area contributed by atoms with Gasteiger partial charge in [-0.05, 0) is 30.5 Å². The SMILES string of the molecule is CCc1nccn1CC(=O)N1CCC[C@H](c2ccnc(NC)c2)C1. The largest absolute Gasteiger partial charge is 0.373 e. The Hall–Kier alpha value is -2.37. The number of hydrogen-bond donors (Lipinski definition) is 1. The summed E-state index contributed by atoms with van der Waals surface area (Å²) in [4.78, 5) is 23.2. The molecule has 0 aromatic carbocycles. The average Bonchev–Trinajstić information content (AvgIpc) is 3.09. The molecule has 1 atom stereocenters. The molecule has 1 fully saturated rings. The van der Waals surface area contributed by atoms with E-state index in [1.807, 2.05) is 28.9 Å². The third-order valence-electron chi connectivity index (χ3n) is 4.71. The molecule has 0 aliphatic carbocycles. The van der Waals surface area contributed by atoms with Crippen LogP contribution in [-0.2, 0) is 17.8 Å². The highest BCUT2D eigenvalue weighted by Crippen LogP contribution is 2.28. The van der Waals surface area contributed by atoms with E-state index >= 15 is 0 Å². The summed E-state index contributed by atoms with van der Waals surface area (Å²) < 4.78 is 1.96. The fraction of sp³-hybridized carbons (Fsp3) is 0.500. The van der Waals surface area contributed by atoms with Crippen LogP contribution in [0.5, 0.6) is 0 Å². The second-order valence-corrected chi connectivity index (χ2v) is 6.23. The Labute approximate surface area is 142 Å². The van der Waals surface area contributed by atoms with E-state index in [0.29, 0.717) is 12.5 Å². The highest BCUT2D eigenvalue weighted by molar-refractivity contribution is 5.76. The van der Waals surface area contributed by atoms with Crippen LogP contribution in [0.25, 0.3) is 0 Å². The van der Waals surface area contributed by atoms with Crippen molar-refractivity contribution < 1.29 is 4.79 Å². The van der Waals surface area contributed by atoms with Gasteiger partial charge >= 0.3 is 0 Å². The van der Waals surface area contributed by atoms with E-state index in [2.05, 4.69) is 34.3 Å². The number of anilines is 1. The number of carbonyl (C=O) groups excluding carboxylic acids is 1. The molecule has 0 spiro atoms. The number of piperidine rings is 1.